The normalized spacial score (nSPS) is 14.0. The molecule has 0 saturated carbocycles. The van der Waals surface area contributed by atoms with E-state index in [9.17, 15) is 24.6 Å². The monoisotopic (exact) mass is 396 g/mol. The maximum Gasteiger partial charge on any atom is 0.254 e. The van der Waals surface area contributed by atoms with Gasteiger partial charge in [0.05, 0.1) is 0 Å². The molecule has 1 aliphatic rings. The number of ketones is 1. The van der Waals surface area contributed by atoms with Crippen LogP contribution in [0, 0.1) is 6.92 Å². The van der Waals surface area contributed by atoms with Crippen molar-refractivity contribution in [3.8, 4) is 11.5 Å². The molecule has 1 aliphatic heterocycles. The van der Waals surface area contributed by atoms with E-state index in [2.05, 4.69) is 0 Å². The minimum absolute atomic E-state index is 0.0594. The van der Waals surface area contributed by atoms with Crippen LogP contribution in [0.5, 0.6) is 11.5 Å². The standard InChI is InChI=1S/C22H24N2O5/c1-15-2-4-16(5-3-15)20(27)6-7-21(28)23-8-10-24(11-9-23)22(29)17-12-18(25)14-19(26)13-17/h2-5,12-14,25-26H,6-11H2,1H3. The van der Waals surface area contributed by atoms with Crippen LogP contribution in [-0.4, -0.2) is 63.8 Å². The van der Waals surface area contributed by atoms with Gasteiger partial charge in [-0.2, -0.15) is 0 Å². The molecule has 0 unspecified atom stereocenters. The number of hydrogen-bond donors (Lipinski definition) is 2. The first kappa shape index (κ1) is 20.4. The number of carbonyl (C=O) groups excluding carboxylic acids is 3. The SMILES string of the molecule is Cc1ccc(C(=O)CCC(=O)N2CCN(C(=O)c3cc(O)cc(O)c3)CC2)cc1. The van der Waals surface area contributed by atoms with Gasteiger partial charge >= 0.3 is 0 Å². The fourth-order valence-corrected chi connectivity index (χ4v) is 3.32. The Morgan fingerprint density at radius 2 is 1.34 bits per heavy atom. The smallest absolute Gasteiger partial charge is 0.254 e. The minimum Gasteiger partial charge on any atom is -0.508 e. The molecular weight excluding hydrogens is 372 g/mol. The number of phenols is 2. The number of carbonyl (C=O) groups is 3. The first-order valence-electron chi connectivity index (χ1n) is 9.53. The maximum atomic E-state index is 12.5. The van der Waals surface area contributed by atoms with Crippen LogP contribution in [0.25, 0.3) is 0 Å². The summed E-state index contributed by atoms with van der Waals surface area (Å²) in [5.74, 6) is -0.831. The largest absolute Gasteiger partial charge is 0.508 e. The summed E-state index contributed by atoms with van der Waals surface area (Å²) >= 11 is 0. The second kappa shape index (κ2) is 8.77. The summed E-state index contributed by atoms with van der Waals surface area (Å²) in [6.07, 6.45) is 0.296. The van der Waals surface area contributed by atoms with E-state index in [1.54, 1.807) is 21.9 Å². The molecule has 0 aromatic heterocycles. The Kier molecular flexibility index (Phi) is 6.16. The highest BCUT2D eigenvalue weighted by atomic mass is 16.3. The van der Waals surface area contributed by atoms with Gasteiger partial charge in [-0.3, -0.25) is 14.4 Å². The number of Topliss-reactive ketones (excluding diaryl/α,β-unsaturated/α-hetero) is 1. The fraction of sp³-hybridized carbons (Fsp3) is 0.318. The van der Waals surface area contributed by atoms with Crippen molar-refractivity contribution in [3.63, 3.8) is 0 Å². The zero-order chi connectivity index (χ0) is 21.0. The lowest BCUT2D eigenvalue weighted by molar-refractivity contribution is -0.132. The second-order valence-electron chi connectivity index (χ2n) is 7.20. The molecule has 29 heavy (non-hydrogen) atoms. The Morgan fingerprint density at radius 1 is 0.793 bits per heavy atom. The van der Waals surface area contributed by atoms with E-state index in [4.69, 9.17) is 0 Å². The fourth-order valence-electron chi connectivity index (χ4n) is 3.32. The van der Waals surface area contributed by atoms with Crippen LogP contribution < -0.4 is 0 Å². The van der Waals surface area contributed by atoms with E-state index in [1.807, 2.05) is 19.1 Å². The van der Waals surface area contributed by atoms with Gasteiger partial charge in [0.1, 0.15) is 11.5 Å². The van der Waals surface area contributed by atoms with Crippen molar-refractivity contribution in [2.45, 2.75) is 19.8 Å². The molecule has 0 bridgehead atoms. The first-order chi connectivity index (χ1) is 13.8. The van der Waals surface area contributed by atoms with Gasteiger partial charge in [0, 0.05) is 56.2 Å². The molecule has 2 amide bonds. The highest BCUT2D eigenvalue weighted by Gasteiger charge is 2.25. The number of rotatable bonds is 5. The van der Waals surface area contributed by atoms with Crippen LogP contribution in [-0.2, 0) is 4.79 Å². The molecule has 7 heteroatoms. The summed E-state index contributed by atoms with van der Waals surface area (Å²) < 4.78 is 0. The van der Waals surface area contributed by atoms with Gasteiger partial charge in [-0.1, -0.05) is 29.8 Å². The molecule has 2 aromatic carbocycles. The quantitative estimate of drug-likeness (QED) is 0.756. The van der Waals surface area contributed by atoms with E-state index in [0.717, 1.165) is 11.6 Å². The van der Waals surface area contributed by atoms with Crippen LogP contribution in [0.1, 0.15) is 39.1 Å². The van der Waals surface area contributed by atoms with Gasteiger partial charge in [0.2, 0.25) is 5.91 Å². The highest BCUT2D eigenvalue weighted by molar-refractivity contribution is 5.98. The number of aryl methyl sites for hydroxylation is 1. The topological polar surface area (TPSA) is 98.2 Å². The first-order valence-corrected chi connectivity index (χ1v) is 9.53. The molecule has 2 aromatic rings. The number of aromatic hydroxyl groups is 2. The van der Waals surface area contributed by atoms with Gasteiger partial charge in [0.15, 0.2) is 5.78 Å². The van der Waals surface area contributed by atoms with Crippen LogP contribution in [0.4, 0.5) is 0 Å². The third-order valence-corrected chi connectivity index (χ3v) is 5.01. The van der Waals surface area contributed by atoms with E-state index in [-0.39, 0.29) is 47.5 Å². The van der Waals surface area contributed by atoms with Crippen molar-refractivity contribution in [2.24, 2.45) is 0 Å². The molecule has 0 aliphatic carbocycles. The number of amides is 2. The molecule has 2 N–H and O–H groups in total. The Hall–Kier alpha value is -3.35. The minimum atomic E-state index is -0.308. The van der Waals surface area contributed by atoms with E-state index < -0.39 is 0 Å². The molecule has 7 nitrogen and oxygen atoms in total. The number of benzene rings is 2. The Balaban J connectivity index is 1.49. The Labute approximate surface area is 169 Å². The summed E-state index contributed by atoms with van der Waals surface area (Å²) in [6, 6.07) is 11.0. The molecule has 1 fully saturated rings. The Bertz CT molecular complexity index is 895. The van der Waals surface area contributed by atoms with Crippen LogP contribution >= 0.6 is 0 Å². The molecule has 1 heterocycles. The maximum absolute atomic E-state index is 12.5. The Morgan fingerprint density at radius 3 is 1.93 bits per heavy atom. The molecule has 3 rings (SSSR count). The van der Waals surface area contributed by atoms with Gasteiger partial charge < -0.3 is 20.0 Å². The lowest BCUT2D eigenvalue weighted by atomic mass is 10.0. The predicted octanol–water partition coefficient (Wildman–Crippen LogP) is 2.35. The summed E-state index contributed by atoms with van der Waals surface area (Å²) in [4.78, 5) is 40.4. The number of nitrogens with zero attached hydrogens (tertiary/aromatic N) is 2. The predicted molar refractivity (Wildman–Crippen MR) is 107 cm³/mol. The van der Waals surface area contributed by atoms with E-state index >= 15 is 0 Å². The zero-order valence-corrected chi connectivity index (χ0v) is 16.3. The molecule has 0 spiro atoms. The van der Waals surface area contributed by atoms with E-state index in [1.165, 1.54) is 12.1 Å². The average molecular weight is 396 g/mol. The zero-order valence-electron chi connectivity index (χ0n) is 16.3. The van der Waals surface area contributed by atoms with Crippen molar-refractivity contribution in [1.29, 1.82) is 0 Å². The van der Waals surface area contributed by atoms with Gasteiger partial charge in [-0.05, 0) is 19.1 Å². The van der Waals surface area contributed by atoms with Crippen LogP contribution in [0.2, 0.25) is 0 Å². The average Bonchev–Trinajstić information content (AvgIpc) is 2.71. The lowest BCUT2D eigenvalue weighted by Crippen LogP contribution is -2.50. The number of hydrogen-bond acceptors (Lipinski definition) is 5. The molecule has 0 radical (unpaired) electrons. The summed E-state index contributed by atoms with van der Waals surface area (Å²) in [7, 11) is 0. The third kappa shape index (κ3) is 5.13. The van der Waals surface area contributed by atoms with Crippen molar-refractivity contribution < 1.29 is 24.6 Å². The van der Waals surface area contributed by atoms with Crippen molar-refractivity contribution in [1.82, 2.24) is 9.80 Å². The summed E-state index contributed by atoms with van der Waals surface area (Å²) in [5, 5.41) is 19.1. The van der Waals surface area contributed by atoms with Gasteiger partial charge in [-0.15, -0.1) is 0 Å². The molecule has 1 saturated heterocycles. The summed E-state index contributed by atoms with van der Waals surface area (Å²) in [6.45, 7) is 3.42. The third-order valence-electron chi connectivity index (χ3n) is 5.01. The second-order valence-corrected chi connectivity index (χ2v) is 7.20. The van der Waals surface area contributed by atoms with Gasteiger partial charge in [-0.25, -0.2) is 0 Å². The van der Waals surface area contributed by atoms with Crippen molar-refractivity contribution in [2.75, 3.05) is 26.2 Å². The lowest BCUT2D eigenvalue weighted by Gasteiger charge is -2.35. The van der Waals surface area contributed by atoms with Crippen molar-refractivity contribution in [3.05, 3.63) is 59.2 Å². The highest BCUT2D eigenvalue weighted by Crippen LogP contribution is 2.22. The number of piperazine rings is 1. The van der Waals surface area contributed by atoms with E-state index in [0.29, 0.717) is 31.7 Å². The summed E-state index contributed by atoms with van der Waals surface area (Å²) in [5.41, 5.74) is 1.88. The van der Waals surface area contributed by atoms with Crippen molar-refractivity contribution >= 4 is 17.6 Å². The van der Waals surface area contributed by atoms with Crippen LogP contribution in [0.15, 0.2) is 42.5 Å². The molecular formula is C22H24N2O5. The van der Waals surface area contributed by atoms with Gasteiger partial charge in [0.25, 0.3) is 5.91 Å². The number of phenolic OH excluding ortho intramolecular Hbond substituents is 2. The van der Waals surface area contributed by atoms with Crippen LogP contribution in [0.3, 0.4) is 0 Å². The molecule has 152 valence electrons. The molecule has 0 atom stereocenters.